The van der Waals surface area contributed by atoms with Crippen LogP contribution in [0, 0.1) is 0 Å². The number of hydrogen-bond donors (Lipinski definition) is 1. The minimum atomic E-state index is -0.0818. The highest BCUT2D eigenvalue weighted by Crippen LogP contribution is 2.23. The summed E-state index contributed by atoms with van der Waals surface area (Å²) in [6, 6.07) is 2.25. The van der Waals surface area contributed by atoms with Gasteiger partial charge in [0.25, 0.3) is 0 Å². The minimum absolute atomic E-state index is 0.0818. The maximum absolute atomic E-state index is 11.0. The van der Waals surface area contributed by atoms with Crippen LogP contribution in [0.4, 0.5) is 5.82 Å². The number of likely N-dealkylation sites (tertiary alicyclic amines) is 1. The molecule has 3 rings (SSSR count). The highest BCUT2D eigenvalue weighted by Gasteiger charge is 2.27. The molecule has 1 aromatic rings. The molecule has 1 amide bonds. The fraction of sp³-hybridized carbons (Fsp3) is 0.714. The van der Waals surface area contributed by atoms with Crippen LogP contribution in [0.3, 0.4) is 0 Å². The third-order valence-corrected chi connectivity index (χ3v) is 4.02. The SMILES string of the molecule is CC(=O)Nc1ccn([C@H]2CCN(C[C@H]3CCCO3)C2)n1. The van der Waals surface area contributed by atoms with Crippen LogP contribution in [0.15, 0.2) is 12.3 Å². The van der Waals surface area contributed by atoms with Crippen LogP contribution in [0.25, 0.3) is 0 Å². The average molecular weight is 278 g/mol. The highest BCUT2D eigenvalue weighted by molar-refractivity contribution is 5.87. The van der Waals surface area contributed by atoms with Gasteiger partial charge in [0.1, 0.15) is 0 Å². The van der Waals surface area contributed by atoms with E-state index in [2.05, 4.69) is 15.3 Å². The van der Waals surface area contributed by atoms with Gasteiger partial charge >= 0.3 is 0 Å². The number of amides is 1. The molecule has 6 nitrogen and oxygen atoms in total. The van der Waals surface area contributed by atoms with Gasteiger partial charge < -0.3 is 10.1 Å². The molecule has 3 heterocycles. The van der Waals surface area contributed by atoms with Crippen molar-refractivity contribution in [3.63, 3.8) is 0 Å². The largest absolute Gasteiger partial charge is 0.377 e. The zero-order valence-corrected chi connectivity index (χ0v) is 11.9. The van der Waals surface area contributed by atoms with Crippen molar-refractivity contribution < 1.29 is 9.53 Å². The Labute approximate surface area is 119 Å². The van der Waals surface area contributed by atoms with Crippen LogP contribution < -0.4 is 5.32 Å². The average Bonchev–Trinajstić information content (AvgIpc) is 3.09. The molecule has 2 aliphatic heterocycles. The van der Waals surface area contributed by atoms with Crippen LogP contribution in [-0.4, -0.2) is 52.9 Å². The van der Waals surface area contributed by atoms with E-state index in [1.165, 1.54) is 19.8 Å². The van der Waals surface area contributed by atoms with E-state index in [1.54, 1.807) is 0 Å². The molecule has 6 heteroatoms. The minimum Gasteiger partial charge on any atom is -0.377 e. The zero-order chi connectivity index (χ0) is 13.9. The summed E-state index contributed by atoms with van der Waals surface area (Å²) in [4.78, 5) is 13.5. The summed E-state index contributed by atoms with van der Waals surface area (Å²) in [7, 11) is 0. The quantitative estimate of drug-likeness (QED) is 0.901. The lowest BCUT2D eigenvalue weighted by Crippen LogP contribution is -2.30. The van der Waals surface area contributed by atoms with Gasteiger partial charge in [-0.05, 0) is 19.3 Å². The smallest absolute Gasteiger partial charge is 0.222 e. The normalized spacial score (nSPS) is 27.1. The van der Waals surface area contributed by atoms with Gasteiger partial charge in [-0.15, -0.1) is 0 Å². The first-order chi connectivity index (χ1) is 9.70. The fourth-order valence-electron chi connectivity index (χ4n) is 3.06. The molecule has 0 saturated carbocycles. The van der Waals surface area contributed by atoms with Crippen molar-refractivity contribution in [2.24, 2.45) is 0 Å². The lowest BCUT2D eigenvalue weighted by Gasteiger charge is -2.19. The van der Waals surface area contributed by atoms with Gasteiger partial charge in [-0.25, -0.2) is 0 Å². The summed E-state index contributed by atoms with van der Waals surface area (Å²) in [5.74, 6) is 0.553. The highest BCUT2D eigenvalue weighted by atomic mass is 16.5. The molecule has 1 aromatic heterocycles. The van der Waals surface area contributed by atoms with E-state index in [9.17, 15) is 4.79 Å². The molecule has 20 heavy (non-hydrogen) atoms. The summed E-state index contributed by atoms with van der Waals surface area (Å²) < 4.78 is 7.67. The van der Waals surface area contributed by atoms with Crippen LogP contribution in [-0.2, 0) is 9.53 Å². The van der Waals surface area contributed by atoms with E-state index in [4.69, 9.17) is 4.74 Å². The molecule has 0 radical (unpaired) electrons. The molecular formula is C14H22N4O2. The molecular weight excluding hydrogens is 256 g/mol. The Morgan fingerprint density at radius 3 is 3.20 bits per heavy atom. The molecule has 110 valence electrons. The molecule has 0 aromatic carbocycles. The first kappa shape index (κ1) is 13.6. The van der Waals surface area contributed by atoms with Gasteiger partial charge in [-0.1, -0.05) is 0 Å². The van der Waals surface area contributed by atoms with E-state index >= 15 is 0 Å². The predicted molar refractivity (Wildman–Crippen MR) is 75.6 cm³/mol. The second-order valence-corrected chi connectivity index (χ2v) is 5.70. The second kappa shape index (κ2) is 5.93. The number of ether oxygens (including phenoxy) is 1. The van der Waals surface area contributed by atoms with E-state index in [0.29, 0.717) is 18.0 Å². The molecule has 0 unspecified atom stereocenters. The first-order valence-electron chi connectivity index (χ1n) is 7.37. The Bertz CT molecular complexity index is 467. The van der Waals surface area contributed by atoms with Gasteiger partial charge in [0, 0.05) is 45.4 Å². The van der Waals surface area contributed by atoms with Crippen molar-refractivity contribution in [1.82, 2.24) is 14.7 Å². The number of carbonyl (C=O) groups excluding carboxylic acids is 1. The summed E-state index contributed by atoms with van der Waals surface area (Å²) >= 11 is 0. The van der Waals surface area contributed by atoms with Gasteiger partial charge in [0.05, 0.1) is 12.1 Å². The Hall–Kier alpha value is -1.40. The number of nitrogens with one attached hydrogen (secondary N) is 1. The zero-order valence-electron chi connectivity index (χ0n) is 11.9. The van der Waals surface area contributed by atoms with Crippen molar-refractivity contribution in [1.29, 1.82) is 0 Å². The molecule has 2 atom stereocenters. The van der Waals surface area contributed by atoms with Gasteiger partial charge in [0.2, 0.25) is 5.91 Å². The summed E-state index contributed by atoms with van der Waals surface area (Å²) in [5.41, 5.74) is 0. The van der Waals surface area contributed by atoms with Crippen molar-refractivity contribution in [3.05, 3.63) is 12.3 Å². The Kier molecular flexibility index (Phi) is 4.03. The molecule has 2 aliphatic rings. The molecule has 0 spiro atoms. The Morgan fingerprint density at radius 2 is 2.45 bits per heavy atom. The third kappa shape index (κ3) is 3.19. The first-order valence-corrected chi connectivity index (χ1v) is 7.37. The monoisotopic (exact) mass is 278 g/mol. The lowest BCUT2D eigenvalue weighted by atomic mass is 10.2. The number of anilines is 1. The predicted octanol–water partition coefficient (Wildman–Crippen LogP) is 1.27. The Balaban J connectivity index is 1.53. The van der Waals surface area contributed by atoms with Crippen molar-refractivity contribution in [3.8, 4) is 0 Å². The summed E-state index contributed by atoms with van der Waals surface area (Å²) in [5, 5.41) is 7.14. The van der Waals surface area contributed by atoms with Crippen LogP contribution in [0.1, 0.15) is 32.2 Å². The number of rotatable bonds is 4. The standard InChI is InChI=1S/C14H22N4O2/c1-11(19)15-14-5-7-18(16-14)12-4-6-17(9-12)10-13-3-2-8-20-13/h5,7,12-13H,2-4,6,8-10H2,1H3,(H,15,16,19)/t12-,13+/m0/s1. The topological polar surface area (TPSA) is 59.4 Å². The number of nitrogens with zero attached hydrogens (tertiary/aromatic N) is 3. The van der Waals surface area contributed by atoms with Crippen LogP contribution >= 0.6 is 0 Å². The molecule has 1 N–H and O–H groups in total. The third-order valence-electron chi connectivity index (χ3n) is 4.02. The summed E-state index contributed by atoms with van der Waals surface area (Å²) in [6.45, 7) is 5.57. The van der Waals surface area contributed by atoms with Gasteiger partial charge in [0.15, 0.2) is 5.82 Å². The molecule has 0 aliphatic carbocycles. The number of carbonyl (C=O) groups is 1. The van der Waals surface area contributed by atoms with Gasteiger partial charge in [-0.2, -0.15) is 5.10 Å². The fourth-order valence-corrected chi connectivity index (χ4v) is 3.06. The van der Waals surface area contributed by atoms with E-state index in [1.807, 2.05) is 16.9 Å². The van der Waals surface area contributed by atoms with E-state index < -0.39 is 0 Å². The Morgan fingerprint density at radius 1 is 1.55 bits per heavy atom. The van der Waals surface area contributed by atoms with E-state index in [0.717, 1.165) is 32.7 Å². The van der Waals surface area contributed by atoms with Crippen molar-refractivity contribution in [2.45, 2.75) is 38.3 Å². The van der Waals surface area contributed by atoms with E-state index in [-0.39, 0.29) is 5.91 Å². The summed E-state index contributed by atoms with van der Waals surface area (Å²) in [6.07, 6.45) is 5.86. The second-order valence-electron chi connectivity index (χ2n) is 5.70. The lowest BCUT2D eigenvalue weighted by molar-refractivity contribution is -0.114. The maximum atomic E-state index is 11.0. The number of aromatic nitrogens is 2. The number of hydrogen-bond acceptors (Lipinski definition) is 4. The van der Waals surface area contributed by atoms with Crippen LogP contribution in [0.5, 0.6) is 0 Å². The molecule has 2 saturated heterocycles. The molecule has 0 bridgehead atoms. The van der Waals surface area contributed by atoms with Crippen LogP contribution in [0.2, 0.25) is 0 Å². The van der Waals surface area contributed by atoms with Crippen molar-refractivity contribution in [2.75, 3.05) is 31.6 Å². The molecule has 2 fully saturated rings. The van der Waals surface area contributed by atoms with Gasteiger partial charge in [-0.3, -0.25) is 14.4 Å². The maximum Gasteiger partial charge on any atom is 0.222 e. The van der Waals surface area contributed by atoms with Crippen molar-refractivity contribution >= 4 is 11.7 Å².